The maximum absolute atomic E-state index is 10.7. The van der Waals surface area contributed by atoms with Crippen LogP contribution in [0.2, 0.25) is 0 Å². The molecule has 0 amide bonds. The van der Waals surface area contributed by atoms with Gasteiger partial charge in [-0.25, -0.2) is 9.13 Å². The first-order valence-corrected chi connectivity index (χ1v) is 6.88. The molecule has 0 spiro atoms. The second-order valence-corrected chi connectivity index (χ2v) is 5.44. The highest BCUT2D eigenvalue weighted by Crippen LogP contribution is 2.43. The van der Waals surface area contributed by atoms with Crippen molar-refractivity contribution < 1.29 is 37.0 Å². The van der Waals surface area contributed by atoms with Crippen LogP contribution in [-0.4, -0.2) is 37.2 Å². The molecule has 92 valence electrons. The summed E-state index contributed by atoms with van der Waals surface area (Å²) in [5.74, 6) is 0. The fourth-order valence-corrected chi connectivity index (χ4v) is 1.45. The van der Waals surface area contributed by atoms with Crippen LogP contribution in [0.3, 0.4) is 0 Å². The Kier molecular flexibility index (Phi) is 6.83. The zero-order valence-electron chi connectivity index (χ0n) is 8.36. The zero-order valence-corrected chi connectivity index (χ0v) is 10.1. The molecule has 0 radical (unpaired) electrons. The first-order chi connectivity index (χ1) is 6.83. The van der Waals surface area contributed by atoms with Crippen LogP contribution < -0.4 is 0 Å². The molecule has 0 rings (SSSR count). The van der Waals surface area contributed by atoms with Gasteiger partial charge in [0.05, 0.1) is 13.2 Å². The van der Waals surface area contributed by atoms with E-state index in [4.69, 9.17) is 9.79 Å². The van der Waals surface area contributed by atoms with Crippen LogP contribution >= 0.6 is 15.6 Å². The largest absolute Gasteiger partial charge is 0.471 e. The van der Waals surface area contributed by atoms with Crippen LogP contribution in [0.1, 0.15) is 6.42 Å². The molecule has 0 aliphatic carbocycles. The minimum atomic E-state index is -3.98. The average molecular weight is 264 g/mol. The molecular formula is C5H14O8P2. The van der Waals surface area contributed by atoms with Crippen LogP contribution in [0.25, 0.3) is 0 Å². The van der Waals surface area contributed by atoms with Crippen molar-refractivity contribution in [1.82, 2.24) is 0 Å². The van der Waals surface area contributed by atoms with Crippen LogP contribution in [0.4, 0.5) is 0 Å². The van der Waals surface area contributed by atoms with E-state index in [9.17, 15) is 9.13 Å². The molecule has 0 aliphatic heterocycles. The van der Waals surface area contributed by atoms with Crippen molar-refractivity contribution >= 4 is 15.6 Å². The standard InChI is InChI=1S/C5H14O8P2/c1-10-14(6,7)12-4-3-5-13-15(8,9)11-2/h3-5H2,1-2H3,(H,6,7)(H,8,9). The van der Waals surface area contributed by atoms with E-state index in [0.717, 1.165) is 14.2 Å². The second kappa shape index (κ2) is 6.73. The summed E-state index contributed by atoms with van der Waals surface area (Å²) in [6, 6.07) is 0. The summed E-state index contributed by atoms with van der Waals surface area (Å²) in [5, 5.41) is 0. The van der Waals surface area contributed by atoms with Crippen molar-refractivity contribution in [2.45, 2.75) is 6.42 Å². The number of rotatable bonds is 8. The molecule has 2 unspecified atom stereocenters. The normalized spacial score (nSPS) is 19.5. The summed E-state index contributed by atoms with van der Waals surface area (Å²) in [4.78, 5) is 17.5. The summed E-state index contributed by atoms with van der Waals surface area (Å²) in [5.41, 5.74) is 0. The van der Waals surface area contributed by atoms with Gasteiger partial charge < -0.3 is 9.79 Å². The smallest absolute Gasteiger partial charge is 0.303 e. The highest BCUT2D eigenvalue weighted by molar-refractivity contribution is 7.47. The maximum Gasteiger partial charge on any atom is 0.471 e. The molecule has 10 heteroatoms. The Hall–Kier alpha value is 0.220. The van der Waals surface area contributed by atoms with Gasteiger partial charge >= 0.3 is 15.6 Å². The topological polar surface area (TPSA) is 112 Å². The SMILES string of the molecule is COP(=O)(O)OCCCOP(=O)(O)OC. The van der Waals surface area contributed by atoms with Crippen molar-refractivity contribution in [2.75, 3.05) is 27.4 Å². The molecule has 8 nitrogen and oxygen atoms in total. The number of phosphoric acid groups is 2. The van der Waals surface area contributed by atoms with Crippen molar-refractivity contribution in [3.8, 4) is 0 Å². The predicted molar refractivity (Wildman–Crippen MR) is 50.2 cm³/mol. The van der Waals surface area contributed by atoms with E-state index in [-0.39, 0.29) is 19.6 Å². The molecule has 0 aliphatic rings. The molecule has 0 bridgehead atoms. The van der Waals surface area contributed by atoms with Crippen molar-refractivity contribution in [2.24, 2.45) is 0 Å². The van der Waals surface area contributed by atoms with E-state index in [1.807, 2.05) is 0 Å². The minimum Gasteiger partial charge on any atom is -0.303 e. The predicted octanol–water partition coefficient (Wildman–Crippen LogP) is 0.903. The Balaban J connectivity index is 3.57. The molecule has 15 heavy (non-hydrogen) atoms. The second-order valence-electron chi connectivity index (χ2n) is 2.32. The molecule has 0 fully saturated rings. The Bertz CT molecular complexity index is 240. The maximum atomic E-state index is 10.7. The molecule has 2 atom stereocenters. The minimum absolute atomic E-state index is 0.134. The third kappa shape index (κ3) is 8.07. The van der Waals surface area contributed by atoms with Gasteiger partial charge in [-0.3, -0.25) is 18.1 Å². The van der Waals surface area contributed by atoms with Crippen LogP contribution in [0.15, 0.2) is 0 Å². The highest BCUT2D eigenvalue weighted by Gasteiger charge is 2.19. The highest BCUT2D eigenvalue weighted by atomic mass is 31.2. The van der Waals surface area contributed by atoms with E-state index >= 15 is 0 Å². The molecule has 0 heterocycles. The van der Waals surface area contributed by atoms with Gasteiger partial charge in [0.15, 0.2) is 0 Å². The van der Waals surface area contributed by atoms with Crippen LogP contribution in [0.5, 0.6) is 0 Å². The fraction of sp³-hybridized carbons (Fsp3) is 1.00. The first-order valence-electron chi connectivity index (χ1n) is 3.89. The number of phosphoric ester groups is 2. The van der Waals surface area contributed by atoms with E-state index in [0.29, 0.717) is 0 Å². The molecule has 0 saturated heterocycles. The van der Waals surface area contributed by atoms with Crippen LogP contribution in [-0.2, 0) is 27.2 Å². The van der Waals surface area contributed by atoms with Gasteiger partial charge in [-0.15, -0.1) is 0 Å². The number of hydrogen-bond donors (Lipinski definition) is 2. The van der Waals surface area contributed by atoms with Gasteiger partial charge in [-0.05, 0) is 6.42 Å². The molecular weight excluding hydrogens is 250 g/mol. The summed E-state index contributed by atoms with van der Waals surface area (Å²) >= 11 is 0. The zero-order chi connectivity index (χ0) is 11.9. The monoisotopic (exact) mass is 264 g/mol. The summed E-state index contributed by atoms with van der Waals surface area (Å²) < 4.78 is 38.6. The van der Waals surface area contributed by atoms with Crippen LogP contribution in [0, 0.1) is 0 Å². The van der Waals surface area contributed by atoms with Crippen molar-refractivity contribution in [1.29, 1.82) is 0 Å². The number of hydrogen-bond acceptors (Lipinski definition) is 6. The molecule has 0 aromatic carbocycles. The lowest BCUT2D eigenvalue weighted by Crippen LogP contribution is -2.00. The lowest BCUT2D eigenvalue weighted by Gasteiger charge is -2.10. The van der Waals surface area contributed by atoms with E-state index in [1.165, 1.54) is 0 Å². The van der Waals surface area contributed by atoms with E-state index < -0.39 is 15.6 Å². The quantitative estimate of drug-likeness (QED) is 0.491. The van der Waals surface area contributed by atoms with E-state index in [2.05, 4.69) is 18.1 Å². The third-order valence-corrected chi connectivity index (χ3v) is 3.20. The van der Waals surface area contributed by atoms with Crippen molar-refractivity contribution in [3.63, 3.8) is 0 Å². The first kappa shape index (κ1) is 15.2. The summed E-state index contributed by atoms with van der Waals surface area (Å²) in [7, 11) is -5.90. The average Bonchev–Trinajstić information content (AvgIpc) is 2.17. The summed E-state index contributed by atoms with van der Waals surface area (Å²) in [6.45, 7) is -0.267. The van der Waals surface area contributed by atoms with Gasteiger partial charge in [-0.2, -0.15) is 0 Å². The molecule has 2 N–H and O–H groups in total. The molecule has 0 saturated carbocycles. The van der Waals surface area contributed by atoms with Gasteiger partial charge in [0, 0.05) is 14.2 Å². The molecule has 0 aromatic heterocycles. The Morgan fingerprint density at radius 3 is 1.53 bits per heavy atom. The van der Waals surface area contributed by atoms with Gasteiger partial charge in [0.25, 0.3) is 0 Å². The summed E-state index contributed by atoms with van der Waals surface area (Å²) in [6.07, 6.45) is 0.155. The fourth-order valence-electron chi connectivity index (χ4n) is 0.524. The Morgan fingerprint density at radius 1 is 0.933 bits per heavy atom. The Morgan fingerprint density at radius 2 is 1.27 bits per heavy atom. The third-order valence-electron chi connectivity index (χ3n) is 1.26. The van der Waals surface area contributed by atoms with Gasteiger partial charge in [0.2, 0.25) is 0 Å². The lowest BCUT2D eigenvalue weighted by atomic mass is 10.5. The molecule has 0 aromatic rings. The van der Waals surface area contributed by atoms with Gasteiger partial charge in [-0.1, -0.05) is 0 Å². The Labute approximate surface area is 87.3 Å². The van der Waals surface area contributed by atoms with E-state index in [1.54, 1.807) is 0 Å². The van der Waals surface area contributed by atoms with Gasteiger partial charge in [0.1, 0.15) is 0 Å². The lowest BCUT2D eigenvalue weighted by molar-refractivity contribution is 0.142. The van der Waals surface area contributed by atoms with Crippen molar-refractivity contribution in [3.05, 3.63) is 0 Å².